The van der Waals surface area contributed by atoms with E-state index < -0.39 is 63.4 Å². The van der Waals surface area contributed by atoms with Crippen LogP contribution in [0, 0.1) is 11.8 Å². The van der Waals surface area contributed by atoms with Gasteiger partial charge < -0.3 is 20.4 Å². The van der Waals surface area contributed by atoms with Crippen LogP contribution >= 0.6 is 0 Å². The topological polar surface area (TPSA) is 149 Å². The van der Waals surface area contributed by atoms with E-state index in [4.69, 9.17) is 0 Å². The first-order valence-corrected chi connectivity index (χ1v) is 13.0. The fraction of sp³-hybridized carbons (Fsp3) is 0.355. The number of carbonyl (C=O) groups excluding carboxylic acids is 4. The molecule has 4 N–H and O–H groups in total. The lowest BCUT2D eigenvalue weighted by molar-refractivity contribution is -0.144. The van der Waals surface area contributed by atoms with Crippen molar-refractivity contribution in [1.82, 2.24) is 0 Å². The summed E-state index contributed by atoms with van der Waals surface area (Å²) in [6.45, 7) is 6.48. The maximum Gasteiger partial charge on any atom is 0.209 e. The largest absolute Gasteiger partial charge is 0.511 e. The van der Waals surface area contributed by atoms with Gasteiger partial charge in [-0.3, -0.25) is 19.2 Å². The fourth-order valence-corrected chi connectivity index (χ4v) is 6.37. The van der Waals surface area contributed by atoms with E-state index in [0.717, 1.165) is 18.1 Å². The minimum absolute atomic E-state index is 0.0589. The van der Waals surface area contributed by atoms with E-state index in [2.05, 4.69) is 13.8 Å². The first-order valence-electron chi connectivity index (χ1n) is 13.0. The zero-order valence-corrected chi connectivity index (χ0v) is 22.2. The Morgan fingerprint density at radius 2 is 1.62 bits per heavy atom. The van der Waals surface area contributed by atoms with Crippen molar-refractivity contribution >= 4 is 23.1 Å². The van der Waals surface area contributed by atoms with Crippen molar-refractivity contribution in [2.24, 2.45) is 11.8 Å². The number of Topliss-reactive ketones (excluding diaryl/α,β-unsaturated/α-hetero) is 4. The van der Waals surface area contributed by atoms with E-state index in [0.29, 0.717) is 17.0 Å². The summed E-state index contributed by atoms with van der Waals surface area (Å²) in [5, 5.41) is 44.2. The quantitative estimate of drug-likeness (QED) is 0.329. The highest BCUT2D eigenvalue weighted by Gasteiger charge is 2.59. The number of carbonyl (C=O) groups is 4. The molecular weight excluding hydrogens is 500 g/mol. The molecule has 0 aliphatic heterocycles. The lowest BCUT2D eigenvalue weighted by Gasteiger charge is -2.45. The molecule has 3 aliphatic rings. The molecule has 0 bridgehead atoms. The van der Waals surface area contributed by atoms with Gasteiger partial charge in [0.2, 0.25) is 5.78 Å². The summed E-state index contributed by atoms with van der Waals surface area (Å²) >= 11 is 0. The Morgan fingerprint density at radius 1 is 0.974 bits per heavy atom. The van der Waals surface area contributed by atoms with Crippen LogP contribution < -0.4 is 0 Å². The standard InChI is InChI=1S/C31H30O8/c1-13(2)16-5-7-17(8-6-16)21-12-20(14(3)32)27(35)26-22(21)10-18-9-19-11-23(34)24(15(4)33)29(37)31(19,39)30(38)25(18)28(26)36/h5-8,12-13,18-19,34-35,38-39H,9-11H2,1-4H3. The van der Waals surface area contributed by atoms with Gasteiger partial charge in [0.05, 0.1) is 11.1 Å². The normalized spacial score (nSPS) is 24.5. The van der Waals surface area contributed by atoms with E-state index >= 15 is 0 Å². The van der Waals surface area contributed by atoms with Gasteiger partial charge in [0.15, 0.2) is 23.0 Å². The first kappa shape index (κ1) is 26.6. The van der Waals surface area contributed by atoms with Crippen LogP contribution in [0.3, 0.4) is 0 Å². The summed E-state index contributed by atoms with van der Waals surface area (Å²) in [5.74, 6) is -6.30. The highest BCUT2D eigenvalue weighted by molar-refractivity contribution is 6.25. The Labute approximate surface area is 225 Å². The molecule has 0 heterocycles. The Morgan fingerprint density at radius 3 is 2.18 bits per heavy atom. The van der Waals surface area contributed by atoms with E-state index in [-0.39, 0.29) is 36.0 Å². The van der Waals surface area contributed by atoms with Crippen LogP contribution in [0.4, 0.5) is 0 Å². The van der Waals surface area contributed by atoms with Gasteiger partial charge in [-0.2, -0.15) is 0 Å². The minimum Gasteiger partial charge on any atom is -0.511 e. The maximum absolute atomic E-state index is 13.9. The SMILES string of the molecule is CC(=O)C1=C(O)CC2CC3Cc4c(-c5ccc(C(C)C)cc5)cc(C(C)=O)c(O)c4C(=O)C3=C(O)C2(O)C1=O. The molecule has 0 amide bonds. The molecule has 2 aromatic carbocycles. The van der Waals surface area contributed by atoms with Crippen molar-refractivity contribution < 1.29 is 39.6 Å². The van der Waals surface area contributed by atoms with E-state index in [1.807, 2.05) is 24.3 Å². The van der Waals surface area contributed by atoms with E-state index in [9.17, 15) is 39.6 Å². The van der Waals surface area contributed by atoms with Gasteiger partial charge in [-0.1, -0.05) is 38.1 Å². The van der Waals surface area contributed by atoms with Crippen molar-refractivity contribution in [3.8, 4) is 16.9 Å². The van der Waals surface area contributed by atoms with Crippen LogP contribution in [0.15, 0.2) is 53.0 Å². The van der Waals surface area contributed by atoms with Crippen molar-refractivity contribution in [2.45, 2.75) is 58.5 Å². The van der Waals surface area contributed by atoms with Crippen molar-refractivity contribution in [3.05, 3.63) is 75.3 Å². The summed E-state index contributed by atoms with van der Waals surface area (Å²) in [6.07, 6.45) is 0.0331. The predicted molar refractivity (Wildman–Crippen MR) is 142 cm³/mol. The molecular formula is C31H30O8. The van der Waals surface area contributed by atoms with Crippen LogP contribution in [-0.2, 0) is 16.0 Å². The van der Waals surface area contributed by atoms with Crippen LogP contribution in [-0.4, -0.2) is 49.2 Å². The number of fused-ring (bicyclic) bond motifs is 3. The average molecular weight is 531 g/mol. The molecule has 39 heavy (non-hydrogen) atoms. The van der Waals surface area contributed by atoms with Gasteiger partial charge in [0.25, 0.3) is 0 Å². The number of aliphatic hydroxyl groups excluding tert-OH is 2. The van der Waals surface area contributed by atoms with Gasteiger partial charge in [-0.05, 0) is 66.8 Å². The number of rotatable bonds is 4. The number of aliphatic hydroxyl groups is 3. The third-order valence-electron chi connectivity index (χ3n) is 8.44. The van der Waals surface area contributed by atoms with Crippen LogP contribution in [0.2, 0.25) is 0 Å². The molecule has 0 saturated heterocycles. The second-order valence-electron chi connectivity index (χ2n) is 11.1. The number of hydrogen-bond donors (Lipinski definition) is 4. The Balaban J connectivity index is 1.72. The summed E-state index contributed by atoms with van der Waals surface area (Å²) in [4.78, 5) is 51.7. The second-order valence-corrected chi connectivity index (χ2v) is 11.1. The predicted octanol–water partition coefficient (Wildman–Crippen LogP) is 4.68. The molecule has 2 aromatic rings. The highest BCUT2D eigenvalue weighted by atomic mass is 16.3. The fourth-order valence-electron chi connectivity index (χ4n) is 6.37. The zero-order chi connectivity index (χ0) is 28.5. The Bertz CT molecular complexity index is 1540. The molecule has 0 aromatic heterocycles. The molecule has 0 radical (unpaired) electrons. The zero-order valence-electron chi connectivity index (χ0n) is 22.2. The lowest BCUT2D eigenvalue weighted by Crippen LogP contribution is -2.56. The molecule has 8 nitrogen and oxygen atoms in total. The molecule has 3 atom stereocenters. The molecule has 0 fully saturated rings. The Kier molecular flexibility index (Phi) is 6.14. The van der Waals surface area contributed by atoms with Crippen molar-refractivity contribution in [2.75, 3.05) is 0 Å². The minimum atomic E-state index is -2.56. The van der Waals surface area contributed by atoms with Gasteiger partial charge in [0, 0.05) is 17.9 Å². The van der Waals surface area contributed by atoms with E-state index in [1.54, 1.807) is 6.07 Å². The van der Waals surface area contributed by atoms with E-state index in [1.165, 1.54) is 6.92 Å². The molecule has 3 aliphatic carbocycles. The molecule has 8 heteroatoms. The maximum atomic E-state index is 13.9. The third kappa shape index (κ3) is 3.77. The van der Waals surface area contributed by atoms with Gasteiger partial charge >= 0.3 is 0 Å². The van der Waals surface area contributed by atoms with Gasteiger partial charge in [-0.25, -0.2) is 0 Å². The third-order valence-corrected chi connectivity index (χ3v) is 8.44. The smallest absolute Gasteiger partial charge is 0.209 e. The number of ketones is 4. The van der Waals surface area contributed by atoms with Crippen molar-refractivity contribution in [1.29, 1.82) is 0 Å². The molecule has 202 valence electrons. The molecule has 0 spiro atoms. The lowest BCUT2D eigenvalue weighted by atomic mass is 9.59. The average Bonchev–Trinajstić information content (AvgIpc) is 2.86. The summed E-state index contributed by atoms with van der Waals surface area (Å²) in [5.41, 5.74) is -0.654. The number of phenols is 1. The highest BCUT2D eigenvalue weighted by Crippen LogP contribution is 2.53. The summed E-state index contributed by atoms with van der Waals surface area (Å²) < 4.78 is 0. The summed E-state index contributed by atoms with van der Waals surface area (Å²) in [6, 6.07) is 9.28. The van der Waals surface area contributed by atoms with Crippen molar-refractivity contribution in [3.63, 3.8) is 0 Å². The number of hydrogen-bond acceptors (Lipinski definition) is 8. The number of benzene rings is 2. The number of aromatic hydroxyl groups is 1. The van der Waals surface area contributed by atoms with Crippen LogP contribution in [0.5, 0.6) is 5.75 Å². The summed E-state index contributed by atoms with van der Waals surface area (Å²) in [7, 11) is 0. The molecule has 0 saturated carbocycles. The molecule has 5 rings (SSSR count). The van der Waals surface area contributed by atoms with Crippen LogP contribution in [0.25, 0.3) is 11.1 Å². The van der Waals surface area contributed by atoms with Gasteiger partial charge in [0.1, 0.15) is 22.8 Å². The number of phenolic OH excluding ortho intramolecular Hbond substituents is 1. The number of allylic oxidation sites excluding steroid dienone is 2. The van der Waals surface area contributed by atoms with Crippen LogP contribution in [0.1, 0.15) is 78.3 Å². The molecule has 3 unspecified atom stereocenters. The monoisotopic (exact) mass is 530 g/mol. The van der Waals surface area contributed by atoms with Gasteiger partial charge in [-0.15, -0.1) is 0 Å². The second kappa shape index (κ2) is 9.02. The first-order chi connectivity index (χ1) is 18.3. The Hall–Kier alpha value is -4.04.